The van der Waals surface area contributed by atoms with Crippen molar-refractivity contribution in [2.75, 3.05) is 17.7 Å². The van der Waals surface area contributed by atoms with Crippen LogP contribution in [0.15, 0.2) is 0 Å². The minimum Gasteiger partial charge on any atom is -0.462 e. The normalized spacial score (nSPS) is 23.5. The highest BCUT2D eigenvalue weighted by Crippen LogP contribution is 2.33. The summed E-state index contributed by atoms with van der Waals surface area (Å²) in [7, 11) is 0. The third-order valence-electron chi connectivity index (χ3n) is 4.58. The number of carbonyl (C=O) groups is 3. The molecule has 3 N–H and O–H groups in total. The van der Waals surface area contributed by atoms with Crippen molar-refractivity contribution in [1.29, 1.82) is 0 Å². The number of aryl methyl sites for hydroxylation is 1. The Morgan fingerprint density at radius 1 is 1.33 bits per heavy atom. The molecule has 3 amide bonds. The lowest BCUT2D eigenvalue weighted by molar-refractivity contribution is -0.116. The summed E-state index contributed by atoms with van der Waals surface area (Å²) in [5.74, 6) is 0.432. The summed E-state index contributed by atoms with van der Waals surface area (Å²) in [6.45, 7) is 3.78. The van der Waals surface area contributed by atoms with E-state index in [0.29, 0.717) is 34.0 Å². The first-order valence-electron chi connectivity index (χ1n) is 9.11. The van der Waals surface area contributed by atoms with Crippen LogP contribution < -0.4 is 16.0 Å². The Labute approximate surface area is 166 Å². The van der Waals surface area contributed by atoms with Crippen molar-refractivity contribution in [3.05, 3.63) is 10.6 Å². The molecule has 2 unspecified atom stereocenters. The van der Waals surface area contributed by atoms with E-state index in [0.717, 1.165) is 36.4 Å². The maximum atomic E-state index is 12.1. The van der Waals surface area contributed by atoms with Crippen LogP contribution >= 0.6 is 23.1 Å². The number of nitrogens with zero attached hydrogens (tertiary/aromatic N) is 1. The van der Waals surface area contributed by atoms with Crippen molar-refractivity contribution in [1.82, 2.24) is 15.6 Å². The number of hydrogen-bond acceptors (Lipinski definition) is 7. The van der Waals surface area contributed by atoms with Gasteiger partial charge >= 0.3 is 12.0 Å². The SMILES string of the molecule is CCOC(=O)c1sc(NC(=O)CCCC[C@@H]2SCC3NC(=O)NC32)nc1C. The van der Waals surface area contributed by atoms with Crippen molar-refractivity contribution in [2.24, 2.45) is 0 Å². The summed E-state index contributed by atoms with van der Waals surface area (Å²) in [5.41, 5.74) is 0.564. The Kier molecular flexibility index (Phi) is 6.59. The zero-order valence-electron chi connectivity index (χ0n) is 15.4. The van der Waals surface area contributed by atoms with Gasteiger partial charge in [-0.15, -0.1) is 0 Å². The largest absolute Gasteiger partial charge is 0.462 e. The van der Waals surface area contributed by atoms with E-state index >= 15 is 0 Å². The Balaban J connectivity index is 1.38. The van der Waals surface area contributed by atoms with E-state index in [2.05, 4.69) is 20.9 Å². The van der Waals surface area contributed by atoms with Crippen molar-refractivity contribution in [3.63, 3.8) is 0 Å². The zero-order chi connectivity index (χ0) is 19.4. The highest BCUT2D eigenvalue weighted by atomic mass is 32.2. The van der Waals surface area contributed by atoms with Gasteiger partial charge in [-0.05, 0) is 26.7 Å². The number of aromatic nitrogens is 1. The molecule has 27 heavy (non-hydrogen) atoms. The molecule has 8 nitrogen and oxygen atoms in total. The maximum Gasteiger partial charge on any atom is 0.350 e. The lowest BCUT2D eigenvalue weighted by Crippen LogP contribution is -2.36. The van der Waals surface area contributed by atoms with Crippen LogP contribution in [-0.2, 0) is 9.53 Å². The second-order valence-corrected chi connectivity index (χ2v) is 8.84. The predicted molar refractivity (Wildman–Crippen MR) is 105 cm³/mol. The Hall–Kier alpha value is -1.81. The fourth-order valence-corrected chi connectivity index (χ4v) is 5.71. The standard InChI is InChI=1S/C17H24N4O4S2/c1-3-25-15(23)14-9(2)18-17(27-14)20-12(22)7-5-4-6-11-13-10(8-26-11)19-16(24)21-13/h10-11,13H,3-8H2,1-2H3,(H,18,20,22)(H2,19,21,24)/t10?,11-,13?/m0/s1. The first kappa shape index (κ1) is 19.9. The molecule has 3 heterocycles. The molecule has 3 atom stereocenters. The number of anilines is 1. The number of esters is 1. The summed E-state index contributed by atoms with van der Waals surface area (Å²) >= 11 is 3.02. The van der Waals surface area contributed by atoms with E-state index in [1.807, 2.05) is 11.8 Å². The van der Waals surface area contributed by atoms with Gasteiger partial charge in [0.25, 0.3) is 0 Å². The fourth-order valence-electron chi connectivity index (χ4n) is 3.29. The fraction of sp³-hybridized carbons (Fsp3) is 0.647. The number of nitrogens with one attached hydrogen (secondary N) is 3. The number of rotatable bonds is 8. The van der Waals surface area contributed by atoms with Gasteiger partial charge in [0.1, 0.15) is 4.88 Å². The minimum absolute atomic E-state index is 0.0735. The lowest BCUT2D eigenvalue weighted by atomic mass is 10.0. The van der Waals surface area contributed by atoms with E-state index in [9.17, 15) is 14.4 Å². The number of carbonyl (C=O) groups excluding carboxylic acids is 3. The monoisotopic (exact) mass is 412 g/mol. The number of unbranched alkanes of at least 4 members (excludes halogenated alkanes) is 1. The van der Waals surface area contributed by atoms with E-state index in [1.165, 1.54) is 0 Å². The average molecular weight is 413 g/mol. The molecule has 2 saturated heterocycles. The van der Waals surface area contributed by atoms with Gasteiger partial charge in [-0.2, -0.15) is 11.8 Å². The van der Waals surface area contributed by atoms with E-state index < -0.39 is 5.97 Å². The molecule has 1 aromatic rings. The second kappa shape index (κ2) is 8.92. The molecule has 0 saturated carbocycles. The quantitative estimate of drug-likeness (QED) is 0.343. The van der Waals surface area contributed by atoms with Gasteiger partial charge in [-0.1, -0.05) is 17.8 Å². The van der Waals surface area contributed by atoms with Crippen molar-refractivity contribution in [3.8, 4) is 0 Å². The van der Waals surface area contributed by atoms with Gasteiger partial charge in [0.05, 0.1) is 24.4 Å². The molecule has 0 aliphatic carbocycles. The molecule has 2 aliphatic rings. The van der Waals surface area contributed by atoms with E-state index in [-0.39, 0.29) is 24.0 Å². The molecule has 3 rings (SSSR count). The summed E-state index contributed by atoms with van der Waals surface area (Å²) in [6, 6.07) is 0.365. The summed E-state index contributed by atoms with van der Waals surface area (Å²) < 4.78 is 4.98. The third kappa shape index (κ3) is 4.92. The summed E-state index contributed by atoms with van der Waals surface area (Å²) in [6.07, 6.45) is 3.08. The molecule has 2 aliphatic heterocycles. The molecular weight excluding hydrogens is 388 g/mol. The third-order valence-corrected chi connectivity index (χ3v) is 7.15. The highest BCUT2D eigenvalue weighted by molar-refractivity contribution is 8.00. The van der Waals surface area contributed by atoms with Crippen LogP contribution in [0.2, 0.25) is 0 Å². The van der Waals surface area contributed by atoms with Gasteiger partial charge in [0.15, 0.2) is 5.13 Å². The minimum atomic E-state index is -0.408. The summed E-state index contributed by atoms with van der Waals surface area (Å²) in [4.78, 5) is 39.9. The second-order valence-electron chi connectivity index (χ2n) is 6.57. The van der Waals surface area contributed by atoms with Crippen molar-refractivity contribution >= 4 is 46.1 Å². The molecule has 2 fully saturated rings. The molecule has 148 valence electrons. The van der Waals surface area contributed by atoms with Gasteiger partial charge in [-0.3, -0.25) is 4.79 Å². The number of urea groups is 1. The number of fused-ring (bicyclic) bond motifs is 1. The molecule has 0 aromatic carbocycles. The molecule has 0 bridgehead atoms. The lowest BCUT2D eigenvalue weighted by Gasteiger charge is -2.16. The summed E-state index contributed by atoms with van der Waals surface area (Å²) in [5, 5.41) is 9.50. The van der Waals surface area contributed by atoms with E-state index in [4.69, 9.17) is 4.74 Å². The molecular formula is C17H24N4O4S2. The topological polar surface area (TPSA) is 109 Å². The number of ether oxygens (including phenoxy) is 1. The Bertz CT molecular complexity index is 724. The number of thioether (sulfide) groups is 1. The van der Waals surface area contributed by atoms with Gasteiger partial charge in [-0.25, -0.2) is 14.6 Å². The number of hydrogen-bond donors (Lipinski definition) is 3. The number of thiazole rings is 1. The van der Waals surface area contributed by atoms with Crippen molar-refractivity contribution in [2.45, 2.75) is 56.9 Å². The van der Waals surface area contributed by atoms with Crippen LogP contribution in [0.4, 0.5) is 9.93 Å². The molecule has 1 aromatic heterocycles. The van der Waals surface area contributed by atoms with Gasteiger partial charge in [0, 0.05) is 17.4 Å². The number of amides is 3. The molecule has 10 heteroatoms. The van der Waals surface area contributed by atoms with Crippen LogP contribution in [0.3, 0.4) is 0 Å². The van der Waals surface area contributed by atoms with Crippen LogP contribution in [0, 0.1) is 6.92 Å². The van der Waals surface area contributed by atoms with Crippen LogP contribution in [0.5, 0.6) is 0 Å². The van der Waals surface area contributed by atoms with Crippen LogP contribution in [0.1, 0.15) is 48.0 Å². The maximum absolute atomic E-state index is 12.1. The first-order valence-corrected chi connectivity index (χ1v) is 11.0. The zero-order valence-corrected chi connectivity index (χ0v) is 17.0. The van der Waals surface area contributed by atoms with Gasteiger partial charge in [0.2, 0.25) is 5.91 Å². The van der Waals surface area contributed by atoms with Crippen LogP contribution in [-0.4, -0.2) is 52.6 Å². The highest BCUT2D eigenvalue weighted by Gasteiger charge is 2.42. The molecule has 0 spiro atoms. The smallest absolute Gasteiger partial charge is 0.350 e. The van der Waals surface area contributed by atoms with Crippen molar-refractivity contribution < 1.29 is 19.1 Å². The average Bonchev–Trinajstić information content (AvgIpc) is 3.26. The van der Waals surface area contributed by atoms with Gasteiger partial charge < -0.3 is 20.7 Å². The molecule has 0 radical (unpaired) electrons. The van der Waals surface area contributed by atoms with Crippen LogP contribution in [0.25, 0.3) is 0 Å². The Morgan fingerprint density at radius 2 is 2.15 bits per heavy atom. The van der Waals surface area contributed by atoms with E-state index in [1.54, 1.807) is 13.8 Å². The predicted octanol–water partition coefficient (Wildman–Crippen LogP) is 2.29. The first-order chi connectivity index (χ1) is 13.0. The Morgan fingerprint density at radius 3 is 2.93 bits per heavy atom.